The van der Waals surface area contributed by atoms with E-state index in [0.29, 0.717) is 24.9 Å². The molecule has 2 aromatic carbocycles. The second-order valence-electron chi connectivity index (χ2n) is 8.56. The van der Waals surface area contributed by atoms with Gasteiger partial charge in [0.15, 0.2) is 5.78 Å². The van der Waals surface area contributed by atoms with E-state index in [1.165, 1.54) is 0 Å². The molecular formula is C26H30N4O3. The number of Topliss-reactive ketones (excluding diaryl/α,β-unsaturated/α-hetero) is 1. The van der Waals surface area contributed by atoms with E-state index in [1.807, 2.05) is 55.3 Å². The van der Waals surface area contributed by atoms with E-state index in [4.69, 9.17) is 16.2 Å². The van der Waals surface area contributed by atoms with E-state index in [-0.39, 0.29) is 11.6 Å². The number of amidine groups is 1. The van der Waals surface area contributed by atoms with Crippen LogP contribution in [0.4, 0.5) is 11.4 Å². The number of carboxylic acid groups (broad SMARTS) is 1. The summed E-state index contributed by atoms with van der Waals surface area (Å²) in [6.07, 6.45) is 2.65. The summed E-state index contributed by atoms with van der Waals surface area (Å²) in [5.41, 5.74) is 9.03. The molecule has 0 aliphatic heterocycles. The van der Waals surface area contributed by atoms with Crippen LogP contribution in [0.2, 0.25) is 0 Å². The van der Waals surface area contributed by atoms with Crippen LogP contribution in [-0.2, 0) is 9.59 Å². The van der Waals surface area contributed by atoms with Crippen LogP contribution in [0.15, 0.2) is 42.5 Å². The molecule has 0 spiro atoms. The zero-order valence-corrected chi connectivity index (χ0v) is 19.1. The minimum absolute atomic E-state index is 0.0320. The van der Waals surface area contributed by atoms with Crippen molar-refractivity contribution >= 4 is 29.0 Å². The van der Waals surface area contributed by atoms with Crippen LogP contribution in [0.3, 0.4) is 0 Å². The zero-order valence-electron chi connectivity index (χ0n) is 19.1. The van der Waals surface area contributed by atoms with Gasteiger partial charge in [0.05, 0.1) is 12.1 Å². The maximum absolute atomic E-state index is 12.7. The highest BCUT2D eigenvalue weighted by atomic mass is 16.4. The Kier molecular flexibility index (Phi) is 7.39. The number of aliphatic carboxylic acids is 1. The Morgan fingerprint density at radius 2 is 1.94 bits per heavy atom. The lowest BCUT2D eigenvalue weighted by Gasteiger charge is -2.30. The molecule has 172 valence electrons. The van der Waals surface area contributed by atoms with Gasteiger partial charge in [-0.3, -0.25) is 15.0 Å². The number of carbonyl (C=O) groups excluding carboxylic acids is 1. The molecule has 0 aromatic heterocycles. The number of nitrogens with zero attached hydrogens (tertiary/aromatic N) is 1. The first-order chi connectivity index (χ1) is 15.7. The molecule has 0 saturated heterocycles. The largest absolute Gasteiger partial charge is 0.481 e. The fourth-order valence-corrected chi connectivity index (χ4v) is 4.16. The second kappa shape index (κ2) is 10.2. The van der Waals surface area contributed by atoms with Crippen molar-refractivity contribution in [1.82, 2.24) is 0 Å². The number of nitrogens with one attached hydrogen (secondary N) is 2. The van der Waals surface area contributed by atoms with Crippen molar-refractivity contribution < 1.29 is 14.7 Å². The van der Waals surface area contributed by atoms with E-state index in [0.717, 1.165) is 35.3 Å². The molecule has 0 bridgehead atoms. The standard InChI is InChI=1S/C26H30N4O3/c1-18-15-19(7-6-14-30(2)21-9-5-8-20(16-21)25(27)28)10-11-22(18)29-26(12-3-4-13-26)23(31)17-24(32)33/h5,8-11,15-16,29H,3-4,12-14,17H2,1-2H3,(H3,27,28)(H,32,33). The first-order valence-corrected chi connectivity index (χ1v) is 11.0. The predicted octanol–water partition coefficient (Wildman–Crippen LogP) is 3.54. The van der Waals surface area contributed by atoms with Gasteiger partial charge in [-0.2, -0.15) is 0 Å². The van der Waals surface area contributed by atoms with Crippen LogP contribution in [0.25, 0.3) is 0 Å². The predicted molar refractivity (Wildman–Crippen MR) is 131 cm³/mol. The van der Waals surface area contributed by atoms with Crippen molar-refractivity contribution in [2.45, 2.75) is 44.6 Å². The zero-order chi connectivity index (χ0) is 24.0. The molecule has 7 nitrogen and oxygen atoms in total. The number of carbonyl (C=O) groups is 2. The quantitative estimate of drug-likeness (QED) is 0.213. The number of hydrogen-bond donors (Lipinski definition) is 4. The number of benzene rings is 2. The molecule has 1 fully saturated rings. The number of nitrogen functional groups attached to an aromatic ring is 1. The van der Waals surface area contributed by atoms with Crippen molar-refractivity contribution in [1.29, 1.82) is 5.41 Å². The Hall–Kier alpha value is -3.79. The molecule has 0 atom stereocenters. The molecule has 1 saturated carbocycles. The Morgan fingerprint density at radius 3 is 2.58 bits per heavy atom. The Balaban J connectivity index is 1.69. The maximum atomic E-state index is 12.7. The SMILES string of the molecule is Cc1cc(C#CCN(C)c2cccc(C(=N)N)c2)ccc1NC1(C(=O)CC(=O)O)CCCC1. The summed E-state index contributed by atoms with van der Waals surface area (Å²) in [5.74, 6) is 5.02. The first-order valence-electron chi connectivity index (χ1n) is 11.0. The second-order valence-corrected chi connectivity index (χ2v) is 8.56. The number of aryl methyl sites for hydroxylation is 1. The summed E-state index contributed by atoms with van der Waals surface area (Å²) in [6, 6.07) is 13.3. The molecule has 0 radical (unpaired) electrons. The lowest BCUT2D eigenvalue weighted by atomic mass is 9.89. The highest BCUT2D eigenvalue weighted by molar-refractivity contribution is 6.02. The molecule has 0 heterocycles. The smallest absolute Gasteiger partial charge is 0.310 e. The number of carboxylic acids is 1. The highest BCUT2D eigenvalue weighted by Crippen LogP contribution is 2.36. The molecule has 2 aromatic rings. The molecular weight excluding hydrogens is 416 g/mol. The molecule has 3 rings (SSSR count). The fourth-order valence-electron chi connectivity index (χ4n) is 4.16. The van der Waals surface area contributed by atoms with E-state index in [2.05, 4.69) is 17.2 Å². The van der Waals surface area contributed by atoms with E-state index >= 15 is 0 Å². The molecule has 0 unspecified atom stereocenters. The maximum Gasteiger partial charge on any atom is 0.310 e. The van der Waals surface area contributed by atoms with Gasteiger partial charge in [-0.05, 0) is 55.7 Å². The van der Waals surface area contributed by atoms with Gasteiger partial charge in [-0.25, -0.2) is 0 Å². The van der Waals surface area contributed by atoms with Gasteiger partial charge >= 0.3 is 5.97 Å². The number of nitrogens with two attached hydrogens (primary N) is 1. The average Bonchev–Trinajstić information content (AvgIpc) is 3.25. The van der Waals surface area contributed by atoms with Gasteiger partial charge in [0.25, 0.3) is 0 Å². The van der Waals surface area contributed by atoms with Crippen LogP contribution in [0.1, 0.15) is 48.8 Å². The number of hydrogen-bond acceptors (Lipinski definition) is 5. The van der Waals surface area contributed by atoms with Gasteiger partial charge < -0.3 is 21.1 Å². The van der Waals surface area contributed by atoms with Crippen LogP contribution in [0, 0.1) is 24.2 Å². The van der Waals surface area contributed by atoms with Gasteiger partial charge in [-0.1, -0.05) is 36.8 Å². The van der Waals surface area contributed by atoms with Crippen molar-refractivity contribution in [2.24, 2.45) is 5.73 Å². The Morgan fingerprint density at radius 1 is 1.21 bits per heavy atom. The molecule has 1 aliphatic rings. The minimum atomic E-state index is -1.09. The summed E-state index contributed by atoms with van der Waals surface area (Å²) in [4.78, 5) is 25.7. The Bertz CT molecular complexity index is 1120. The van der Waals surface area contributed by atoms with Gasteiger partial charge in [-0.15, -0.1) is 0 Å². The first kappa shape index (κ1) is 23.9. The van der Waals surface area contributed by atoms with Crippen LogP contribution < -0.4 is 16.0 Å². The monoisotopic (exact) mass is 446 g/mol. The highest BCUT2D eigenvalue weighted by Gasteiger charge is 2.41. The van der Waals surface area contributed by atoms with Gasteiger partial charge in [0, 0.05) is 29.5 Å². The number of ketones is 1. The lowest BCUT2D eigenvalue weighted by Crippen LogP contribution is -2.44. The van der Waals surface area contributed by atoms with Crippen LogP contribution in [-0.4, -0.2) is 41.8 Å². The summed E-state index contributed by atoms with van der Waals surface area (Å²) in [5, 5.41) is 20.0. The average molecular weight is 447 g/mol. The summed E-state index contributed by atoms with van der Waals surface area (Å²) < 4.78 is 0. The minimum Gasteiger partial charge on any atom is -0.481 e. The van der Waals surface area contributed by atoms with Crippen molar-refractivity contribution in [3.8, 4) is 11.8 Å². The number of anilines is 2. The van der Waals surface area contributed by atoms with Gasteiger partial charge in [0.1, 0.15) is 12.3 Å². The van der Waals surface area contributed by atoms with E-state index in [9.17, 15) is 9.59 Å². The van der Waals surface area contributed by atoms with E-state index < -0.39 is 17.9 Å². The third-order valence-electron chi connectivity index (χ3n) is 6.05. The Labute approximate surface area is 194 Å². The molecule has 1 aliphatic carbocycles. The molecule has 0 amide bonds. The van der Waals surface area contributed by atoms with E-state index in [1.54, 1.807) is 6.07 Å². The number of rotatable bonds is 8. The topological polar surface area (TPSA) is 120 Å². The fraction of sp³-hybridized carbons (Fsp3) is 0.346. The van der Waals surface area contributed by atoms with Crippen LogP contribution >= 0.6 is 0 Å². The molecule has 7 heteroatoms. The van der Waals surface area contributed by atoms with Crippen molar-refractivity contribution in [2.75, 3.05) is 23.8 Å². The van der Waals surface area contributed by atoms with Crippen LogP contribution in [0.5, 0.6) is 0 Å². The normalized spacial score (nSPS) is 14.1. The summed E-state index contributed by atoms with van der Waals surface area (Å²) in [6.45, 7) is 2.46. The lowest BCUT2D eigenvalue weighted by molar-refractivity contribution is -0.141. The summed E-state index contributed by atoms with van der Waals surface area (Å²) in [7, 11) is 1.93. The van der Waals surface area contributed by atoms with Gasteiger partial charge in [0.2, 0.25) is 0 Å². The molecule has 33 heavy (non-hydrogen) atoms. The summed E-state index contributed by atoms with van der Waals surface area (Å²) >= 11 is 0. The third kappa shape index (κ3) is 5.92. The molecule has 5 N–H and O–H groups in total. The third-order valence-corrected chi connectivity index (χ3v) is 6.05. The van der Waals surface area contributed by atoms with Crippen molar-refractivity contribution in [3.63, 3.8) is 0 Å². The van der Waals surface area contributed by atoms with Crippen molar-refractivity contribution in [3.05, 3.63) is 59.2 Å².